The first-order chi connectivity index (χ1) is 19.0. The lowest BCUT2D eigenvalue weighted by Gasteiger charge is -2.25. The van der Waals surface area contributed by atoms with Gasteiger partial charge in [0.05, 0.1) is 12.7 Å². The van der Waals surface area contributed by atoms with Gasteiger partial charge >= 0.3 is 12.1 Å². The molecule has 0 aromatic carbocycles. The number of nitrogens with one attached hydrogen (secondary N) is 2. The molecule has 3 N–H and O–H groups in total. The number of halogens is 3. The monoisotopic (exact) mass is 568 g/mol. The Bertz CT molecular complexity index is 1110. The highest BCUT2D eigenvalue weighted by atomic mass is 19.4. The van der Waals surface area contributed by atoms with E-state index < -0.39 is 30.6 Å². The number of anilines is 1. The second-order valence-electron chi connectivity index (χ2n) is 10.2. The quantitative estimate of drug-likeness (QED) is 0.263. The minimum Gasteiger partial charge on any atom is -0.480 e. The summed E-state index contributed by atoms with van der Waals surface area (Å²) in [7, 11) is 0. The first kappa shape index (κ1) is 31.3. The summed E-state index contributed by atoms with van der Waals surface area (Å²) in [5.41, 5.74) is 1.93. The average Bonchev–Trinajstić information content (AvgIpc) is 3.34. The number of rotatable bonds is 16. The van der Waals surface area contributed by atoms with E-state index in [9.17, 15) is 27.9 Å². The zero-order chi connectivity index (χ0) is 29.1. The van der Waals surface area contributed by atoms with Crippen LogP contribution in [0.25, 0.3) is 0 Å². The third-order valence-electron chi connectivity index (χ3n) is 6.58. The maximum absolute atomic E-state index is 12.8. The van der Waals surface area contributed by atoms with E-state index >= 15 is 0 Å². The molecule has 0 saturated carbocycles. The van der Waals surface area contributed by atoms with E-state index in [2.05, 4.69) is 32.8 Å². The molecule has 222 valence electrons. The van der Waals surface area contributed by atoms with Gasteiger partial charge in [-0.1, -0.05) is 6.07 Å². The molecule has 0 radical (unpaired) electrons. The standard InChI is InChI=1S/C27H39F3N6O4/c1-19(2)40-17-16-35(14-4-3-7-21-9-8-20-6-5-12-31-24(20)33-21)15-11-22(26(38)39)34-25(37)23-10-13-32-36(23)18-27(28,29)30/h8-10,13,19,22H,3-7,11-12,14-18H2,1-2H3,(H,31,33)(H,34,37)(H,38,39)/t22-/m0/s1. The number of carbonyl (C=O) groups excluding carboxylic acids is 1. The highest BCUT2D eigenvalue weighted by Gasteiger charge is 2.31. The van der Waals surface area contributed by atoms with Crippen LogP contribution in [0.5, 0.6) is 0 Å². The van der Waals surface area contributed by atoms with E-state index in [0.29, 0.717) is 30.9 Å². The number of pyridine rings is 1. The number of carboxylic acid groups (broad SMARTS) is 1. The number of alkyl halides is 3. The molecule has 3 rings (SSSR count). The fraction of sp³-hybridized carbons (Fsp3) is 0.630. The molecule has 13 heteroatoms. The minimum atomic E-state index is -4.57. The number of fused-ring (bicyclic) bond motifs is 1. The molecule has 1 atom stereocenters. The van der Waals surface area contributed by atoms with E-state index in [0.717, 1.165) is 62.4 Å². The number of unbranched alkanes of at least 4 members (excludes halogenated alkanes) is 1. The van der Waals surface area contributed by atoms with Gasteiger partial charge < -0.3 is 25.4 Å². The van der Waals surface area contributed by atoms with Crippen LogP contribution < -0.4 is 10.6 Å². The topological polar surface area (TPSA) is 122 Å². The number of amides is 1. The van der Waals surface area contributed by atoms with E-state index in [1.54, 1.807) is 0 Å². The molecule has 0 spiro atoms. The second kappa shape index (κ2) is 15.0. The summed E-state index contributed by atoms with van der Waals surface area (Å²) in [5.74, 6) is -1.21. The molecular weight excluding hydrogens is 529 g/mol. The van der Waals surface area contributed by atoms with Gasteiger partial charge in [-0.15, -0.1) is 0 Å². The lowest BCUT2D eigenvalue weighted by atomic mass is 10.1. The van der Waals surface area contributed by atoms with Crippen molar-refractivity contribution in [2.24, 2.45) is 0 Å². The van der Waals surface area contributed by atoms with Crippen LogP contribution in [0, 0.1) is 0 Å². The van der Waals surface area contributed by atoms with Crippen molar-refractivity contribution in [1.82, 2.24) is 25.0 Å². The SMILES string of the molecule is CC(C)OCCN(CCCCc1ccc2c(n1)NCCC2)CC[C@H](NC(=O)c1ccnn1CC(F)(F)F)C(=O)O. The number of aliphatic carboxylic acids is 1. The van der Waals surface area contributed by atoms with Crippen molar-refractivity contribution < 1.29 is 32.6 Å². The van der Waals surface area contributed by atoms with Crippen molar-refractivity contribution >= 4 is 17.7 Å². The Balaban J connectivity index is 1.53. The molecular formula is C27H39F3N6O4. The van der Waals surface area contributed by atoms with Crippen molar-refractivity contribution in [1.29, 1.82) is 0 Å². The van der Waals surface area contributed by atoms with Crippen molar-refractivity contribution in [3.8, 4) is 0 Å². The number of ether oxygens (including phenoxy) is 1. The minimum absolute atomic E-state index is 0.0538. The van der Waals surface area contributed by atoms with Crippen molar-refractivity contribution in [2.45, 2.75) is 77.2 Å². The molecule has 1 aliphatic heterocycles. The second-order valence-corrected chi connectivity index (χ2v) is 10.2. The molecule has 1 aliphatic rings. The van der Waals surface area contributed by atoms with Gasteiger partial charge in [-0.25, -0.2) is 9.78 Å². The zero-order valence-electron chi connectivity index (χ0n) is 23.0. The summed E-state index contributed by atoms with van der Waals surface area (Å²) in [5, 5.41) is 18.9. The highest BCUT2D eigenvalue weighted by Crippen LogP contribution is 2.21. The molecule has 40 heavy (non-hydrogen) atoms. The molecule has 0 bridgehead atoms. The first-order valence-electron chi connectivity index (χ1n) is 13.7. The van der Waals surface area contributed by atoms with Crippen LogP contribution in [0.15, 0.2) is 24.4 Å². The third kappa shape index (κ3) is 10.4. The lowest BCUT2D eigenvalue weighted by molar-refractivity contribution is -0.143. The van der Waals surface area contributed by atoms with Gasteiger partial charge in [0.15, 0.2) is 0 Å². The number of hydrogen-bond acceptors (Lipinski definition) is 7. The highest BCUT2D eigenvalue weighted by molar-refractivity contribution is 5.95. The van der Waals surface area contributed by atoms with E-state index in [1.807, 2.05) is 13.8 Å². The normalized spacial score (nSPS) is 14.2. The van der Waals surface area contributed by atoms with Crippen LogP contribution in [0.2, 0.25) is 0 Å². The zero-order valence-corrected chi connectivity index (χ0v) is 23.0. The van der Waals surface area contributed by atoms with Crippen LogP contribution in [-0.2, 0) is 28.9 Å². The van der Waals surface area contributed by atoms with Crippen molar-refractivity contribution in [3.05, 3.63) is 41.3 Å². The van der Waals surface area contributed by atoms with Gasteiger partial charge in [-0.05, 0) is 76.6 Å². The predicted molar refractivity (Wildman–Crippen MR) is 143 cm³/mol. The molecule has 0 saturated heterocycles. The van der Waals surface area contributed by atoms with Gasteiger partial charge in [0.2, 0.25) is 0 Å². The Kier molecular flexibility index (Phi) is 11.7. The Morgan fingerprint density at radius 2 is 2.00 bits per heavy atom. The number of hydrogen-bond donors (Lipinski definition) is 3. The van der Waals surface area contributed by atoms with Gasteiger partial charge in [0.25, 0.3) is 5.91 Å². The first-order valence-corrected chi connectivity index (χ1v) is 13.7. The van der Waals surface area contributed by atoms with Crippen LogP contribution >= 0.6 is 0 Å². The van der Waals surface area contributed by atoms with Crippen LogP contribution in [0.4, 0.5) is 19.0 Å². The van der Waals surface area contributed by atoms with E-state index in [-0.39, 0.29) is 18.2 Å². The number of aryl methyl sites for hydroxylation is 2. The fourth-order valence-corrected chi connectivity index (χ4v) is 4.53. The summed E-state index contributed by atoms with van der Waals surface area (Å²) >= 11 is 0. The van der Waals surface area contributed by atoms with E-state index in [4.69, 9.17) is 9.72 Å². The maximum Gasteiger partial charge on any atom is 0.408 e. The molecule has 0 unspecified atom stereocenters. The average molecular weight is 569 g/mol. The number of aromatic nitrogens is 3. The summed E-state index contributed by atoms with van der Waals surface area (Å²) in [6.45, 7) is 5.47. The third-order valence-corrected chi connectivity index (χ3v) is 6.58. The summed E-state index contributed by atoms with van der Waals surface area (Å²) < 4.78 is 44.6. The summed E-state index contributed by atoms with van der Waals surface area (Å²) in [6.07, 6.45) is 1.36. The molecule has 2 aromatic heterocycles. The van der Waals surface area contributed by atoms with Gasteiger partial charge in [-0.2, -0.15) is 18.3 Å². The largest absolute Gasteiger partial charge is 0.480 e. The molecule has 2 aromatic rings. The van der Waals surface area contributed by atoms with Gasteiger partial charge in [-0.3, -0.25) is 9.48 Å². The number of carboxylic acids is 1. The Labute approximate surface area is 232 Å². The maximum atomic E-state index is 12.8. The van der Waals surface area contributed by atoms with Crippen LogP contribution in [0.1, 0.15) is 61.3 Å². The van der Waals surface area contributed by atoms with Crippen LogP contribution in [0.3, 0.4) is 0 Å². The fourth-order valence-electron chi connectivity index (χ4n) is 4.53. The summed E-state index contributed by atoms with van der Waals surface area (Å²) in [6, 6.07) is 4.06. The Morgan fingerprint density at radius 1 is 1.20 bits per heavy atom. The Morgan fingerprint density at radius 3 is 2.73 bits per heavy atom. The number of carbonyl (C=O) groups is 2. The van der Waals surface area contributed by atoms with Crippen LogP contribution in [-0.4, -0.2) is 87.8 Å². The van der Waals surface area contributed by atoms with Crippen molar-refractivity contribution in [3.63, 3.8) is 0 Å². The summed E-state index contributed by atoms with van der Waals surface area (Å²) in [4.78, 5) is 31.3. The van der Waals surface area contributed by atoms with Gasteiger partial charge in [0.1, 0.15) is 24.1 Å². The number of nitrogens with zero attached hydrogens (tertiary/aromatic N) is 4. The van der Waals surface area contributed by atoms with Gasteiger partial charge in [0, 0.05) is 31.5 Å². The molecule has 10 nitrogen and oxygen atoms in total. The molecule has 3 heterocycles. The van der Waals surface area contributed by atoms with Crippen molar-refractivity contribution in [2.75, 3.05) is 38.1 Å². The Hall–Kier alpha value is -3.19. The molecule has 0 fully saturated rings. The smallest absolute Gasteiger partial charge is 0.408 e. The van der Waals surface area contributed by atoms with E-state index in [1.165, 1.54) is 5.56 Å². The molecule has 0 aliphatic carbocycles. The lowest BCUT2D eigenvalue weighted by Crippen LogP contribution is -2.44. The predicted octanol–water partition coefficient (Wildman–Crippen LogP) is 3.52. The molecule has 1 amide bonds.